The Kier molecular flexibility index (Phi) is 58.0. The van der Waals surface area contributed by atoms with Crippen LogP contribution in [0.1, 0.15) is 367 Å². The molecule has 0 aliphatic carbocycles. The number of aliphatic hydroxyl groups excluding tert-OH is 4. The van der Waals surface area contributed by atoms with Crippen LogP contribution in [0.4, 0.5) is 0 Å². The average Bonchev–Trinajstić information content (AvgIpc) is 3.45. The predicted molar refractivity (Wildman–Crippen MR) is 352 cm³/mol. The zero-order chi connectivity index (χ0) is 61.1. The SMILES string of the molecule is CCCCCCCCCCC/C=C\C/C=C\CCCCCCCCCCCCCCCCCCCC(=O)NC(COC1OC(CO)C(O)C(OS(=O)(=O)O)C1O)C(O)CCCCCCCCCCCCCCCCCCCCCCCCCC. The van der Waals surface area contributed by atoms with Gasteiger partial charge in [0.25, 0.3) is 0 Å². The van der Waals surface area contributed by atoms with Crippen molar-refractivity contribution in [3.63, 3.8) is 0 Å². The van der Waals surface area contributed by atoms with Gasteiger partial charge in [0.15, 0.2) is 6.29 Å². The van der Waals surface area contributed by atoms with Gasteiger partial charge < -0.3 is 35.2 Å². The fraction of sp³-hybridized carbons (Fsp3) is 0.930. The van der Waals surface area contributed by atoms with Gasteiger partial charge in [0, 0.05) is 6.42 Å². The van der Waals surface area contributed by atoms with Gasteiger partial charge in [-0.2, -0.15) is 8.42 Å². The summed E-state index contributed by atoms with van der Waals surface area (Å²) in [5.41, 5.74) is 0. The average molecular weight is 1210 g/mol. The first kappa shape index (κ1) is 80.6. The normalized spacial score (nSPS) is 18.4. The van der Waals surface area contributed by atoms with Crippen molar-refractivity contribution in [1.82, 2.24) is 5.32 Å². The van der Waals surface area contributed by atoms with Crippen LogP contribution in [0.3, 0.4) is 0 Å². The van der Waals surface area contributed by atoms with Crippen molar-refractivity contribution in [2.45, 2.75) is 410 Å². The summed E-state index contributed by atoms with van der Waals surface area (Å²) >= 11 is 0. The Morgan fingerprint density at radius 1 is 0.476 bits per heavy atom. The summed E-state index contributed by atoms with van der Waals surface area (Å²) in [5.74, 6) is -0.222. The second-order valence-corrected chi connectivity index (χ2v) is 26.6. The molecular formula is C71H137NO11S. The number of hydrogen-bond acceptors (Lipinski definition) is 10. The molecule has 0 saturated carbocycles. The van der Waals surface area contributed by atoms with Crippen LogP contribution >= 0.6 is 0 Å². The van der Waals surface area contributed by atoms with E-state index in [-0.39, 0.29) is 12.5 Å². The molecule has 1 amide bonds. The van der Waals surface area contributed by atoms with Crippen molar-refractivity contribution in [3.05, 3.63) is 24.3 Å². The van der Waals surface area contributed by atoms with Crippen LogP contribution < -0.4 is 5.32 Å². The molecule has 1 heterocycles. The smallest absolute Gasteiger partial charge is 0.394 e. The van der Waals surface area contributed by atoms with E-state index < -0.39 is 59.9 Å². The minimum atomic E-state index is -5.09. The number of allylic oxidation sites excluding steroid dienone is 4. The molecule has 0 bridgehead atoms. The number of aliphatic hydroxyl groups is 4. The molecule has 498 valence electrons. The highest BCUT2D eigenvalue weighted by Gasteiger charge is 2.48. The van der Waals surface area contributed by atoms with Gasteiger partial charge in [0.05, 0.1) is 25.4 Å². The number of hydrogen-bond donors (Lipinski definition) is 6. The second kappa shape index (κ2) is 60.5. The summed E-state index contributed by atoms with van der Waals surface area (Å²) in [7, 11) is -5.09. The lowest BCUT2D eigenvalue weighted by Gasteiger charge is -2.41. The molecule has 12 nitrogen and oxygen atoms in total. The predicted octanol–water partition coefficient (Wildman–Crippen LogP) is 19.1. The van der Waals surface area contributed by atoms with Crippen molar-refractivity contribution in [1.29, 1.82) is 0 Å². The fourth-order valence-corrected chi connectivity index (χ4v) is 12.5. The van der Waals surface area contributed by atoms with E-state index >= 15 is 0 Å². The molecule has 0 aromatic carbocycles. The Bertz CT molecular complexity index is 1570. The van der Waals surface area contributed by atoms with Crippen molar-refractivity contribution in [2.75, 3.05) is 13.2 Å². The summed E-state index contributed by atoms with van der Waals surface area (Å²) in [5, 5.41) is 45.4. The van der Waals surface area contributed by atoms with Crippen LogP contribution in [-0.4, -0.2) is 95.4 Å². The summed E-state index contributed by atoms with van der Waals surface area (Å²) in [6, 6.07) is -0.858. The lowest BCUT2D eigenvalue weighted by molar-refractivity contribution is -0.298. The van der Waals surface area contributed by atoms with E-state index in [2.05, 4.69) is 47.7 Å². The minimum absolute atomic E-state index is 0.222. The molecule has 7 atom stereocenters. The van der Waals surface area contributed by atoms with Gasteiger partial charge in [-0.1, -0.05) is 340 Å². The highest BCUT2D eigenvalue weighted by Crippen LogP contribution is 2.27. The third kappa shape index (κ3) is 51.5. The van der Waals surface area contributed by atoms with Crippen LogP contribution in [-0.2, 0) is 28.9 Å². The van der Waals surface area contributed by atoms with E-state index in [1.807, 2.05) is 0 Å². The molecular weight excluding hydrogens is 1070 g/mol. The van der Waals surface area contributed by atoms with Crippen molar-refractivity contribution in [2.24, 2.45) is 0 Å². The number of amides is 1. The van der Waals surface area contributed by atoms with Crippen LogP contribution in [0, 0.1) is 0 Å². The summed E-state index contributed by atoms with van der Waals surface area (Å²) in [6.45, 7) is 3.52. The Morgan fingerprint density at radius 3 is 1.13 bits per heavy atom. The highest BCUT2D eigenvalue weighted by atomic mass is 32.3. The van der Waals surface area contributed by atoms with Gasteiger partial charge in [-0.25, -0.2) is 4.18 Å². The number of carbonyl (C=O) groups is 1. The van der Waals surface area contributed by atoms with Gasteiger partial charge >= 0.3 is 10.4 Å². The standard InChI is InChI=1S/C71H137NO11S/c1-3-5-7-9-11-13-15-17-19-21-23-25-27-29-30-31-32-33-34-35-36-37-39-41-43-45-47-49-51-53-55-57-59-61-67(75)72-64(63-81-71-69(77)70(83-84(78,79)80)68(76)66(62-73)82-71)65(74)60-58-56-54-52-50-48-46-44-42-40-38-28-26-24-22-20-18-16-14-12-10-8-6-4-2/h23,25,29-30,64-66,68-71,73-74,76-77H,3-22,24,26-28,31-63H2,1-2H3,(H,72,75)(H,78,79,80)/b25-23-,30-29-. The molecule has 6 N–H and O–H groups in total. The number of unbranched alkanes of at least 4 members (excludes halogenated alkanes) is 49. The molecule has 84 heavy (non-hydrogen) atoms. The number of carbonyl (C=O) groups excluding carboxylic acids is 1. The molecule has 1 aliphatic rings. The topological polar surface area (TPSA) is 192 Å². The summed E-state index contributed by atoms with van der Waals surface area (Å²) in [6.07, 6.45) is 69.3. The van der Waals surface area contributed by atoms with E-state index in [1.54, 1.807) is 0 Å². The van der Waals surface area contributed by atoms with Gasteiger partial charge in [-0.3, -0.25) is 9.35 Å². The minimum Gasteiger partial charge on any atom is -0.394 e. The van der Waals surface area contributed by atoms with E-state index in [9.17, 15) is 38.2 Å². The van der Waals surface area contributed by atoms with Crippen LogP contribution in [0.15, 0.2) is 24.3 Å². The van der Waals surface area contributed by atoms with Crippen LogP contribution in [0.2, 0.25) is 0 Å². The lowest BCUT2D eigenvalue weighted by atomic mass is 9.99. The molecule has 0 aromatic heterocycles. The molecule has 0 aromatic rings. The Balaban J connectivity index is 2.21. The first-order valence-electron chi connectivity index (χ1n) is 36.2. The molecule has 13 heteroatoms. The van der Waals surface area contributed by atoms with E-state index in [0.717, 1.165) is 57.8 Å². The molecule has 0 radical (unpaired) electrons. The molecule has 0 spiro atoms. The first-order valence-corrected chi connectivity index (χ1v) is 37.6. The monoisotopic (exact) mass is 1210 g/mol. The van der Waals surface area contributed by atoms with Gasteiger partial charge in [0.2, 0.25) is 5.91 Å². The highest BCUT2D eigenvalue weighted by molar-refractivity contribution is 7.80. The quantitative estimate of drug-likeness (QED) is 0.0193. The molecule has 1 saturated heterocycles. The van der Waals surface area contributed by atoms with Crippen molar-refractivity contribution < 1.29 is 51.8 Å². The van der Waals surface area contributed by atoms with Gasteiger partial charge in [-0.15, -0.1) is 0 Å². The Morgan fingerprint density at radius 2 is 0.798 bits per heavy atom. The summed E-state index contributed by atoms with van der Waals surface area (Å²) < 4.78 is 48.2. The van der Waals surface area contributed by atoms with E-state index in [0.29, 0.717) is 12.8 Å². The zero-order valence-corrected chi connectivity index (χ0v) is 55.6. The van der Waals surface area contributed by atoms with Crippen molar-refractivity contribution in [3.8, 4) is 0 Å². The largest absolute Gasteiger partial charge is 0.397 e. The van der Waals surface area contributed by atoms with Crippen LogP contribution in [0.25, 0.3) is 0 Å². The maximum atomic E-state index is 13.2. The van der Waals surface area contributed by atoms with E-state index in [4.69, 9.17) is 9.47 Å². The third-order valence-corrected chi connectivity index (χ3v) is 18.0. The number of nitrogens with one attached hydrogen (secondary N) is 1. The number of ether oxygens (including phenoxy) is 2. The maximum Gasteiger partial charge on any atom is 0.397 e. The third-order valence-electron chi connectivity index (χ3n) is 17.5. The molecule has 1 aliphatic heterocycles. The zero-order valence-electron chi connectivity index (χ0n) is 54.7. The van der Waals surface area contributed by atoms with Crippen LogP contribution in [0.5, 0.6) is 0 Å². The fourth-order valence-electron chi connectivity index (χ4n) is 12.0. The lowest BCUT2D eigenvalue weighted by Crippen LogP contribution is -2.61. The van der Waals surface area contributed by atoms with E-state index in [1.165, 1.54) is 283 Å². The molecule has 1 fully saturated rings. The maximum absolute atomic E-state index is 13.2. The molecule has 7 unspecified atom stereocenters. The Labute approximate surface area is 518 Å². The number of rotatable bonds is 65. The summed E-state index contributed by atoms with van der Waals surface area (Å²) in [4.78, 5) is 13.2. The first-order chi connectivity index (χ1) is 41.0. The van der Waals surface area contributed by atoms with Gasteiger partial charge in [0.1, 0.15) is 24.4 Å². The second-order valence-electron chi connectivity index (χ2n) is 25.5. The molecule has 1 rings (SSSR count). The Hall–Kier alpha value is -1.42. The van der Waals surface area contributed by atoms with Gasteiger partial charge in [-0.05, 0) is 44.9 Å². The van der Waals surface area contributed by atoms with Crippen molar-refractivity contribution >= 4 is 16.3 Å².